The SMILES string of the molecule is C1=CC2=C3C=CC=C3C3C=CC=C3C2=C1. The zero-order valence-corrected chi connectivity index (χ0v) is 8.27. The standard InChI is InChI=1S/C15H10/c1-4-10-11(5-1)13-7-3-9-15(13)14-8-2-6-12(10)14/h1-10H. The Morgan fingerprint density at radius 1 is 0.733 bits per heavy atom. The summed E-state index contributed by atoms with van der Waals surface area (Å²) in [6.45, 7) is 0. The maximum Gasteiger partial charge on any atom is 0.0284 e. The van der Waals surface area contributed by atoms with E-state index in [9.17, 15) is 0 Å². The molecule has 0 spiro atoms. The van der Waals surface area contributed by atoms with Crippen LogP contribution in [0.15, 0.2) is 82.5 Å². The highest BCUT2D eigenvalue weighted by atomic mass is 14.4. The Labute approximate surface area is 89.0 Å². The number of hydrogen-bond donors (Lipinski definition) is 0. The molecule has 0 bridgehead atoms. The molecule has 0 saturated carbocycles. The number of hydrogen-bond acceptors (Lipinski definition) is 0. The first kappa shape index (κ1) is 7.47. The van der Waals surface area contributed by atoms with Crippen molar-refractivity contribution < 1.29 is 0 Å². The Bertz CT molecular complexity index is 569. The summed E-state index contributed by atoms with van der Waals surface area (Å²) >= 11 is 0. The third kappa shape index (κ3) is 0.782. The summed E-state index contributed by atoms with van der Waals surface area (Å²) in [5, 5.41) is 0. The van der Waals surface area contributed by atoms with Crippen molar-refractivity contribution in [2.45, 2.75) is 0 Å². The molecule has 0 aromatic rings. The molecule has 0 aliphatic heterocycles. The van der Waals surface area contributed by atoms with Crippen LogP contribution in [0.5, 0.6) is 0 Å². The van der Waals surface area contributed by atoms with Crippen LogP contribution in [0.1, 0.15) is 0 Å². The van der Waals surface area contributed by atoms with E-state index in [4.69, 9.17) is 0 Å². The molecule has 4 rings (SSSR count). The molecule has 0 amide bonds. The van der Waals surface area contributed by atoms with Crippen LogP contribution in [0.4, 0.5) is 0 Å². The number of allylic oxidation sites excluding steroid dienone is 14. The van der Waals surface area contributed by atoms with Crippen molar-refractivity contribution in [2.75, 3.05) is 0 Å². The molecule has 0 heterocycles. The third-order valence-electron chi connectivity index (χ3n) is 3.52. The van der Waals surface area contributed by atoms with Crippen molar-refractivity contribution in [3.63, 3.8) is 0 Å². The van der Waals surface area contributed by atoms with E-state index >= 15 is 0 Å². The van der Waals surface area contributed by atoms with Gasteiger partial charge in [-0.3, -0.25) is 0 Å². The molecule has 4 aliphatic carbocycles. The fraction of sp³-hybridized carbons (Fsp3) is 0.0667. The second kappa shape index (κ2) is 2.40. The van der Waals surface area contributed by atoms with Crippen molar-refractivity contribution in [3.8, 4) is 0 Å². The molecule has 0 nitrogen and oxygen atoms in total. The predicted molar refractivity (Wildman–Crippen MR) is 62.2 cm³/mol. The second-order valence-corrected chi connectivity index (χ2v) is 4.23. The van der Waals surface area contributed by atoms with Gasteiger partial charge in [-0.2, -0.15) is 0 Å². The van der Waals surface area contributed by atoms with Gasteiger partial charge >= 0.3 is 0 Å². The molecule has 0 radical (unpaired) electrons. The van der Waals surface area contributed by atoms with Crippen LogP contribution in [0.25, 0.3) is 0 Å². The van der Waals surface area contributed by atoms with E-state index in [2.05, 4.69) is 54.7 Å². The molecular weight excluding hydrogens is 180 g/mol. The smallest absolute Gasteiger partial charge is 0.0284 e. The lowest BCUT2D eigenvalue weighted by molar-refractivity contribution is 0.922. The van der Waals surface area contributed by atoms with Crippen LogP contribution in [-0.2, 0) is 0 Å². The highest BCUT2D eigenvalue weighted by molar-refractivity contribution is 5.75. The van der Waals surface area contributed by atoms with Gasteiger partial charge < -0.3 is 0 Å². The van der Waals surface area contributed by atoms with E-state index in [1.807, 2.05) is 0 Å². The fourth-order valence-corrected chi connectivity index (χ4v) is 2.86. The molecular formula is C15H10. The van der Waals surface area contributed by atoms with E-state index in [0.29, 0.717) is 5.92 Å². The largest absolute Gasteiger partial charge is 0.0726 e. The monoisotopic (exact) mass is 190 g/mol. The van der Waals surface area contributed by atoms with E-state index in [-0.39, 0.29) is 0 Å². The van der Waals surface area contributed by atoms with Gasteiger partial charge in [0.05, 0.1) is 0 Å². The Morgan fingerprint density at radius 2 is 1.53 bits per heavy atom. The van der Waals surface area contributed by atoms with Crippen LogP contribution in [-0.4, -0.2) is 0 Å². The Hall–Kier alpha value is -1.82. The molecule has 0 saturated heterocycles. The molecule has 1 atom stereocenters. The van der Waals surface area contributed by atoms with Crippen LogP contribution >= 0.6 is 0 Å². The molecule has 1 unspecified atom stereocenters. The molecule has 70 valence electrons. The van der Waals surface area contributed by atoms with Gasteiger partial charge in [-0.15, -0.1) is 0 Å². The zero-order valence-electron chi connectivity index (χ0n) is 8.27. The highest BCUT2D eigenvalue weighted by Crippen LogP contribution is 2.48. The maximum absolute atomic E-state index is 2.30. The summed E-state index contributed by atoms with van der Waals surface area (Å²) in [5.41, 5.74) is 7.18. The van der Waals surface area contributed by atoms with Gasteiger partial charge in [0.25, 0.3) is 0 Å². The van der Waals surface area contributed by atoms with Gasteiger partial charge in [0.15, 0.2) is 0 Å². The third-order valence-corrected chi connectivity index (χ3v) is 3.52. The number of fused-ring (bicyclic) bond motifs is 5. The lowest BCUT2D eigenvalue weighted by atomic mass is 9.77. The minimum Gasteiger partial charge on any atom is -0.0726 e. The van der Waals surface area contributed by atoms with Crippen molar-refractivity contribution in [1.29, 1.82) is 0 Å². The van der Waals surface area contributed by atoms with Crippen LogP contribution in [0.2, 0.25) is 0 Å². The van der Waals surface area contributed by atoms with Crippen molar-refractivity contribution in [1.82, 2.24) is 0 Å². The minimum atomic E-state index is 0.505. The molecule has 15 heavy (non-hydrogen) atoms. The normalized spacial score (nSPS) is 28.8. The van der Waals surface area contributed by atoms with Gasteiger partial charge in [0, 0.05) is 5.92 Å². The van der Waals surface area contributed by atoms with E-state index in [0.717, 1.165) is 0 Å². The first-order chi connectivity index (χ1) is 7.45. The average Bonchev–Trinajstić information content (AvgIpc) is 2.97. The Kier molecular flexibility index (Phi) is 1.20. The number of rotatable bonds is 0. The topological polar surface area (TPSA) is 0 Å². The fourth-order valence-electron chi connectivity index (χ4n) is 2.86. The summed E-state index contributed by atoms with van der Waals surface area (Å²) in [4.78, 5) is 0. The van der Waals surface area contributed by atoms with E-state index in [1.165, 1.54) is 27.9 Å². The lowest BCUT2D eigenvalue weighted by Crippen LogP contribution is -2.12. The molecule has 0 aromatic carbocycles. The molecule has 0 aromatic heterocycles. The van der Waals surface area contributed by atoms with Crippen LogP contribution in [0, 0.1) is 5.92 Å². The van der Waals surface area contributed by atoms with Crippen LogP contribution < -0.4 is 0 Å². The summed E-state index contributed by atoms with van der Waals surface area (Å²) in [7, 11) is 0. The zero-order chi connectivity index (χ0) is 9.83. The Morgan fingerprint density at radius 3 is 2.53 bits per heavy atom. The maximum atomic E-state index is 2.30. The quantitative estimate of drug-likeness (QED) is 0.549. The minimum absolute atomic E-state index is 0.505. The molecule has 0 N–H and O–H groups in total. The first-order valence-corrected chi connectivity index (χ1v) is 5.35. The van der Waals surface area contributed by atoms with Gasteiger partial charge in [-0.05, 0) is 27.9 Å². The lowest BCUT2D eigenvalue weighted by Gasteiger charge is -2.26. The average molecular weight is 190 g/mol. The first-order valence-electron chi connectivity index (χ1n) is 5.35. The second-order valence-electron chi connectivity index (χ2n) is 4.23. The summed E-state index contributed by atoms with van der Waals surface area (Å²) in [5.74, 6) is 0.505. The summed E-state index contributed by atoms with van der Waals surface area (Å²) in [6, 6.07) is 0. The van der Waals surface area contributed by atoms with Crippen LogP contribution in [0.3, 0.4) is 0 Å². The molecule has 4 aliphatic rings. The van der Waals surface area contributed by atoms with Crippen molar-refractivity contribution in [2.24, 2.45) is 5.92 Å². The summed E-state index contributed by atoms with van der Waals surface area (Å²) < 4.78 is 0. The van der Waals surface area contributed by atoms with Gasteiger partial charge in [-0.1, -0.05) is 54.7 Å². The predicted octanol–water partition coefficient (Wildman–Crippen LogP) is 3.40. The van der Waals surface area contributed by atoms with Gasteiger partial charge in [0.2, 0.25) is 0 Å². The van der Waals surface area contributed by atoms with E-state index in [1.54, 1.807) is 0 Å². The van der Waals surface area contributed by atoms with Crippen molar-refractivity contribution in [3.05, 3.63) is 82.5 Å². The molecule has 0 fully saturated rings. The Balaban J connectivity index is 2.07. The van der Waals surface area contributed by atoms with Crippen molar-refractivity contribution >= 4 is 0 Å². The van der Waals surface area contributed by atoms with Gasteiger partial charge in [-0.25, -0.2) is 0 Å². The van der Waals surface area contributed by atoms with Gasteiger partial charge in [0.1, 0.15) is 0 Å². The molecule has 0 heteroatoms. The summed E-state index contributed by atoms with van der Waals surface area (Å²) in [6.07, 6.45) is 20.0. The van der Waals surface area contributed by atoms with E-state index < -0.39 is 0 Å². The highest BCUT2D eigenvalue weighted by Gasteiger charge is 2.33.